The Morgan fingerprint density at radius 2 is 1.88 bits per heavy atom. The van der Waals surface area contributed by atoms with Crippen LogP contribution in [0.3, 0.4) is 0 Å². The molecule has 0 radical (unpaired) electrons. The van der Waals surface area contributed by atoms with E-state index in [0.717, 1.165) is 22.6 Å². The number of benzene rings is 3. The zero-order valence-corrected chi connectivity index (χ0v) is 19.5. The van der Waals surface area contributed by atoms with Crippen LogP contribution in [0.2, 0.25) is 0 Å². The van der Waals surface area contributed by atoms with Crippen molar-refractivity contribution in [1.29, 1.82) is 0 Å². The topological polar surface area (TPSA) is 102 Å². The first-order chi connectivity index (χ1) is 16.5. The Morgan fingerprint density at radius 3 is 2.59 bits per heavy atom. The van der Waals surface area contributed by atoms with Gasteiger partial charge in [-0.2, -0.15) is 5.10 Å². The van der Waals surface area contributed by atoms with Crippen molar-refractivity contribution in [2.75, 3.05) is 12.9 Å². The molecule has 0 saturated carbocycles. The van der Waals surface area contributed by atoms with Gasteiger partial charge in [0.2, 0.25) is 0 Å². The van der Waals surface area contributed by atoms with E-state index in [4.69, 9.17) is 4.74 Å². The van der Waals surface area contributed by atoms with E-state index in [1.54, 1.807) is 31.4 Å². The molecule has 1 heterocycles. The third-order valence-electron chi connectivity index (χ3n) is 4.88. The predicted octanol–water partition coefficient (Wildman–Crippen LogP) is 4.20. The molecule has 3 aromatic carbocycles. The average molecular weight is 474 g/mol. The van der Waals surface area contributed by atoms with E-state index in [2.05, 4.69) is 20.7 Å². The maximum atomic E-state index is 12.3. The summed E-state index contributed by atoms with van der Waals surface area (Å²) in [5, 5.41) is 22.8. The minimum atomic E-state index is -0.286. The standard InChI is InChI=1S/C25H23N5O3S/c1-17-6-10-20(11-7-17)30-24(19-8-12-22(33-2)13-9-19)28-29-25(30)34-16-23(32)27-26-15-18-4-3-5-21(31)14-18/h3-15,31H,16H2,1-2H3,(H,27,32)/b26-15-. The van der Waals surface area contributed by atoms with Gasteiger partial charge in [-0.1, -0.05) is 41.6 Å². The number of aromatic hydroxyl groups is 1. The molecule has 2 N–H and O–H groups in total. The van der Waals surface area contributed by atoms with Gasteiger partial charge < -0.3 is 9.84 Å². The molecule has 4 rings (SSSR count). The largest absolute Gasteiger partial charge is 0.508 e. The Kier molecular flexibility index (Phi) is 7.24. The van der Waals surface area contributed by atoms with Crippen LogP contribution in [0.1, 0.15) is 11.1 Å². The van der Waals surface area contributed by atoms with Crippen molar-refractivity contribution in [3.63, 3.8) is 0 Å². The van der Waals surface area contributed by atoms with Crippen LogP contribution in [0.15, 0.2) is 83.1 Å². The Labute approximate surface area is 201 Å². The van der Waals surface area contributed by atoms with Crippen LogP contribution >= 0.6 is 11.8 Å². The maximum absolute atomic E-state index is 12.3. The number of amides is 1. The van der Waals surface area contributed by atoms with Crippen LogP contribution in [0.5, 0.6) is 11.5 Å². The summed E-state index contributed by atoms with van der Waals surface area (Å²) < 4.78 is 7.18. The Bertz CT molecular complexity index is 1300. The van der Waals surface area contributed by atoms with Crippen molar-refractivity contribution < 1.29 is 14.6 Å². The van der Waals surface area contributed by atoms with Crippen LogP contribution in [0, 0.1) is 6.92 Å². The smallest absolute Gasteiger partial charge is 0.250 e. The zero-order chi connectivity index (χ0) is 23.9. The molecular formula is C25H23N5O3S. The number of phenolic OH excluding ortho intramolecular Hbond substituents is 1. The van der Waals surface area contributed by atoms with Gasteiger partial charge in [-0.15, -0.1) is 10.2 Å². The van der Waals surface area contributed by atoms with Crippen molar-refractivity contribution in [2.45, 2.75) is 12.1 Å². The lowest BCUT2D eigenvalue weighted by atomic mass is 10.2. The molecule has 0 aliphatic rings. The summed E-state index contributed by atoms with van der Waals surface area (Å²) in [5.41, 5.74) is 6.08. The van der Waals surface area contributed by atoms with Crippen LogP contribution < -0.4 is 10.2 Å². The molecule has 172 valence electrons. The summed E-state index contributed by atoms with van der Waals surface area (Å²) in [7, 11) is 1.62. The van der Waals surface area contributed by atoms with E-state index in [1.807, 2.05) is 60.0 Å². The van der Waals surface area contributed by atoms with E-state index in [9.17, 15) is 9.90 Å². The molecule has 0 saturated heterocycles. The van der Waals surface area contributed by atoms with Gasteiger partial charge in [-0.25, -0.2) is 5.43 Å². The molecular weight excluding hydrogens is 450 g/mol. The second-order valence-electron chi connectivity index (χ2n) is 7.38. The van der Waals surface area contributed by atoms with Gasteiger partial charge in [0.05, 0.1) is 19.1 Å². The molecule has 0 spiro atoms. The second kappa shape index (κ2) is 10.7. The van der Waals surface area contributed by atoms with Gasteiger partial charge in [0.25, 0.3) is 5.91 Å². The van der Waals surface area contributed by atoms with Gasteiger partial charge in [-0.05, 0) is 61.0 Å². The van der Waals surface area contributed by atoms with Crippen LogP contribution in [-0.2, 0) is 4.79 Å². The van der Waals surface area contributed by atoms with Gasteiger partial charge in [0.15, 0.2) is 11.0 Å². The van der Waals surface area contributed by atoms with E-state index in [0.29, 0.717) is 16.5 Å². The fraction of sp³-hybridized carbons (Fsp3) is 0.120. The minimum Gasteiger partial charge on any atom is -0.508 e. The lowest BCUT2D eigenvalue weighted by molar-refractivity contribution is -0.118. The zero-order valence-electron chi connectivity index (χ0n) is 18.7. The quantitative estimate of drug-likeness (QED) is 0.226. The van der Waals surface area contributed by atoms with Crippen molar-refractivity contribution in [2.24, 2.45) is 5.10 Å². The number of phenols is 1. The van der Waals surface area contributed by atoms with E-state index < -0.39 is 0 Å². The van der Waals surface area contributed by atoms with E-state index in [1.165, 1.54) is 18.0 Å². The summed E-state index contributed by atoms with van der Waals surface area (Å²) in [6.45, 7) is 2.03. The Morgan fingerprint density at radius 1 is 1.12 bits per heavy atom. The highest BCUT2D eigenvalue weighted by Gasteiger charge is 2.17. The number of nitrogens with zero attached hydrogens (tertiary/aromatic N) is 4. The summed E-state index contributed by atoms with van der Waals surface area (Å²) in [6, 6.07) is 22.2. The van der Waals surface area contributed by atoms with Gasteiger partial charge in [0, 0.05) is 11.3 Å². The number of aromatic nitrogens is 3. The summed E-state index contributed by atoms with van der Waals surface area (Å²) >= 11 is 1.26. The Hall–Kier alpha value is -4.11. The van der Waals surface area contributed by atoms with Crippen molar-refractivity contribution in [1.82, 2.24) is 20.2 Å². The number of methoxy groups -OCH3 is 1. The molecule has 9 heteroatoms. The number of carbonyl (C=O) groups is 1. The first-order valence-corrected chi connectivity index (χ1v) is 11.4. The fourth-order valence-corrected chi connectivity index (χ4v) is 3.91. The molecule has 1 aromatic heterocycles. The maximum Gasteiger partial charge on any atom is 0.250 e. The van der Waals surface area contributed by atoms with Crippen molar-refractivity contribution >= 4 is 23.9 Å². The molecule has 0 unspecified atom stereocenters. The molecule has 34 heavy (non-hydrogen) atoms. The minimum absolute atomic E-state index is 0.101. The number of hydrazone groups is 1. The number of carbonyl (C=O) groups excluding carboxylic acids is 1. The summed E-state index contributed by atoms with van der Waals surface area (Å²) in [4.78, 5) is 12.3. The second-order valence-corrected chi connectivity index (χ2v) is 8.32. The monoisotopic (exact) mass is 473 g/mol. The number of aryl methyl sites for hydroxylation is 1. The van der Waals surface area contributed by atoms with E-state index in [-0.39, 0.29) is 17.4 Å². The van der Waals surface area contributed by atoms with Gasteiger partial charge in [0.1, 0.15) is 11.5 Å². The highest BCUT2D eigenvalue weighted by atomic mass is 32.2. The van der Waals surface area contributed by atoms with Gasteiger partial charge >= 0.3 is 0 Å². The number of hydrogen-bond acceptors (Lipinski definition) is 7. The molecule has 4 aromatic rings. The SMILES string of the molecule is COc1ccc(-c2nnc(SCC(=O)N/N=C\c3cccc(O)c3)n2-c2ccc(C)cc2)cc1. The molecule has 8 nitrogen and oxygen atoms in total. The lowest BCUT2D eigenvalue weighted by Gasteiger charge is -2.11. The van der Waals surface area contributed by atoms with Crippen LogP contribution in [-0.4, -0.2) is 44.9 Å². The van der Waals surface area contributed by atoms with Crippen LogP contribution in [0.4, 0.5) is 0 Å². The first-order valence-electron chi connectivity index (χ1n) is 10.4. The average Bonchev–Trinajstić information content (AvgIpc) is 3.27. The summed E-state index contributed by atoms with van der Waals surface area (Å²) in [5.74, 6) is 1.36. The fourth-order valence-electron chi connectivity index (χ4n) is 3.16. The molecule has 0 bridgehead atoms. The molecule has 1 amide bonds. The lowest BCUT2D eigenvalue weighted by Crippen LogP contribution is -2.20. The van der Waals surface area contributed by atoms with Crippen molar-refractivity contribution in [3.05, 3.63) is 83.9 Å². The van der Waals surface area contributed by atoms with Gasteiger partial charge in [-0.3, -0.25) is 9.36 Å². The molecule has 0 aliphatic carbocycles. The number of thioether (sulfide) groups is 1. The van der Waals surface area contributed by atoms with Crippen molar-refractivity contribution in [3.8, 4) is 28.6 Å². The third kappa shape index (κ3) is 5.62. The number of hydrogen-bond donors (Lipinski definition) is 2. The highest BCUT2D eigenvalue weighted by Crippen LogP contribution is 2.29. The predicted molar refractivity (Wildman–Crippen MR) is 133 cm³/mol. The third-order valence-corrected chi connectivity index (χ3v) is 5.81. The Balaban J connectivity index is 1.52. The molecule has 0 fully saturated rings. The number of rotatable bonds is 8. The normalized spacial score (nSPS) is 11.0. The highest BCUT2D eigenvalue weighted by molar-refractivity contribution is 7.99. The molecule has 0 atom stereocenters. The van der Waals surface area contributed by atoms with E-state index >= 15 is 0 Å². The number of ether oxygens (including phenoxy) is 1. The number of nitrogens with one attached hydrogen (secondary N) is 1. The summed E-state index contributed by atoms with van der Waals surface area (Å²) in [6.07, 6.45) is 1.47. The first kappa shape index (κ1) is 23.1. The van der Waals surface area contributed by atoms with Crippen LogP contribution in [0.25, 0.3) is 17.1 Å². The molecule has 0 aliphatic heterocycles.